The molecule has 34 heavy (non-hydrogen) atoms. The lowest BCUT2D eigenvalue weighted by Crippen LogP contribution is -2.30. The predicted octanol–water partition coefficient (Wildman–Crippen LogP) is 4.50. The fraction of sp³-hybridized carbons (Fsp3) is 0.154. The summed E-state index contributed by atoms with van der Waals surface area (Å²) >= 11 is 0. The molecule has 0 aliphatic heterocycles. The Hall–Kier alpha value is -4.33. The molecule has 4 aromatic rings. The highest BCUT2D eigenvalue weighted by atomic mass is 19.1. The van der Waals surface area contributed by atoms with Gasteiger partial charge in [0.2, 0.25) is 11.8 Å². The summed E-state index contributed by atoms with van der Waals surface area (Å²) in [7, 11) is 0. The molecule has 8 heteroatoms. The smallest absolute Gasteiger partial charge is 0.278 e. The second kappa shape index (κ2) is 9.66. The Morgan fingerprint density at radius 2 is 1.76 bits per heavy atom. The number of halogens is 1. The van der Waals surface area contributed by atoms with Crippen molar-refractivity contribution in [3.05, 3.63) is 88.5 Å². The van der Waals surface area contributed by atoms with Crippen molar-refractivity contribution in [1.29, 1.82) is 0 Å². The summed E-state index contributed by atoms with van der Waals surface area (Å²) in [6.45, 7) is 3.32. The molecule has 2 N–H and O–H groups in total. The molecule has 0 saturated heterocycles. The molecule has 0 saturated carbocycles. The summed E-state index contributed by atoms with van der Waals surface area (Å²) < 4.78 is 14.8. The van der Waals surface area contributed by atoms with Gasteiger partial charge in [0.1, 0.15) is 18.1 Å². The number of rotatable bonds is 6. The zero-order valence-corrected chi connectivity index (χ0v) is 18.8. The van der Waals surface area contributed by atoms with Gasteiger partial charge in [-0.2, -0.15) is 0 Å². The van der Waals surface area contributed by atoms with E-state index in [1.807, 2.05) is 13.0 Å². The normalized spacial score (nSPS) is 10.8. The number of amides is 2. The van der Waals surface area contributed by atoms with Gasteiger partial charge in [-0.3, -0.25) is 19.0 Å². The first-order valence-electron chi connectivity index (χ1n) is 10.8. The molecule has 1 heterocycles. The lowest BCUT2D eigenvalue weighted by Gasteiger charge is -2.15. The van der Waals surface area contributed by atoms with E-state index < -0.39 is 17.3 Å². The number of aryl methyl sites for hydroxylation is 1. The highest BCUT2D eigenvalue weighted by Crippen LogP contribution is 2.27. The Labute approximate surface area is 195 Å². The molecule has 3 aromatic carbocycles. The molecule has 172 valence electrons. The highest BCUT2D eigenvalue weighted by molar-refractivity contribution is 5.96. The van der Waals surface area contributed by atoms with Gasteiger partial charge in [0, 0.05) is 17.7 Å². The van der Waals surface area contributed by atoms with Crippen molar-refractivity contribution < 1.29 is 14.0 Å². The molecule has 0 aliphatic carbocycles. The van der Waals surface area contributed by atoms with Crippen molar-refractivity contribution in [2.45, 2.75) is 26.8 Å². The first-order valence-corrected chi connectivity index (χ1v) is 10.8. The second-order valence-electron chi connectivity index (χ2n) is 7.85. The van der Waals surface area contributed by atoms with Gasteiger partial charge in [0.25, 0.3) is 5.56 Å². The Balaban J connectivity index is 1.81. The van der Waals surface area contributed by atoms with Crippen molar-refractivity contribution in [3.8, 4) is 11.3 Å². The Morgan fingerprint density at radius 1 is 0.971 bits per heavy atom. The number of aromatic nitrogens is 2. The van der Waals surface area contributed by atoms with Crippen LogP contribution in [-0.4, -0.2) is 21.4 Å². The number of carbonyl (C=O) groups is 2. The number of carbonyl (C=O) groups excluding carboxylic acids is 2. The molecule has 4 rings (SSSR count). The van der Waals surface area contributed by atoms with Crippen molar-refractivity contribution >= 4 is 34.2 Å². The Morgan fingerprint density at radius 3 is 2.53 bits per heavy atom. The van der Waals surface area contributed by atoms with E-state index in [-0.39, 0.29) is 24.6 Å². The topological polar surface area (TPSA) is 93.1 Å². The summed E-state index contributed by atoms with van der Waals surface area (Å²) in [4.78, 5) is 43.0. The minimum Gasteiger partial charge on any atom is -0.325 e. The number of benzene rings is 3. The highest BCUT2D eigenvalue weighted by Gasteiger charge is 2.18. The number of fused-ring (bicyclic) bond motifs is 1. The Kier molecular flexibility index (Phi) is 6.49. The maximum absolute atomic E-state index is 13.6. The van der Waals surface area contributed by atoms with E-state index >= 15 is 0 Å². The van der Waals surface area contributed by atoms with Crippen LogP contribution < -0.4 is 16.2 Å². The van der Waals surface area contributed by atoms with Crippen molar-refractivity contribution in [1.82, 2.24) is 9.55 Å². The van der Waals surface area contributed by atoms with Gasteiger partial charge in [-0.15, -0.1) is 0 Å². The van der Waals surface area contributed by atoms with Crippen LogP contribution in [0.2, 0.25) is 0 Å². The van der Waals surface area contributed by atoms with Gasteiger partial charge in [-0.1, -0.05) is 36.8 Å². The van der Waals surface area contributed by atoms with Crippen LogP contribution in [0.4, 0.5) is 15.8 Å². The van der Waals surface area contributed by atoms with Crippen LogP contribution in [0, 0.1) is 12.7 Å². The Bertz CT molecular complexity index is 1460. The van der Waals surface area contributed by atoms with E-state index in [4.69, 9.17) is 0 Å². The van der Waals surface area contributed by atoms with E-state index in [1.54, 1.807) is 49.4 Å². The molecule has 0 aliphatic rings. The number of nitrogens with one attached hydrogen (secondary N) is 2. The van der Waals surface area contributed by atoms with Crippen LogP contribution in [0.1, 0.15) is 18.9 Å². The molecule has 0 radical (unpaired) electrons. The molecular formula is C26H23FN4O3. The summed E-state index contributed by atoms with van der Waals surface area (Å²) in [6, 6.07) is 17.9. The lowest BCUT2D eigenvalue weighted by molar-refractivity contribution is -0.117. The summed E-state index contributed by atoms with van der Waals surface area (Å²) in [6.07, 6.45) is 0.281. The average molecular weight is 458 g/mol. The van der Waals surface area contributed by atoms with E-state index in [0.717, 1.165) is 5.56 Å². The number of anilines is 2. The molecule has 0 unspecified atom stereocenters. The standard InChI is InChI=1S/C26H23FN4O3/c1-3-23(32)29-20-12-11-16(2)13-19(20)25-26(34)31(22-10-5-4-9-21(22)30-25)15-24(33)28-18-8-6-7-17(27)14-18/h4-14H,3,15H2,1-2H3,(H,28,33)(H,29,32). The van der Waals surface area contributed by atoms with Crippen molar-refractivity contribution in [3.63, 3.8) is 0 Å². The monoisotopic (exact) mass is 458 g/mol. The van der Waals surface area contributed by atoms with Crippen LogP contribution in [0.3, 0.4) is 0 Å². The summed E-state index contributed by atoms with van der Waals surface area (Å²) in [5.74, 6) is -1.16. The van der Waals surface area contributed by atoms with Crippen LogP contribution in [0.15, 0.2) is 71.5 Å². The van der Waals surface area contributed by atoms with Gasteiger partial charge >= 0.3 is 0 Å². The molecule has 0 atom stereocenters. The quantitative estimate of drug-likeness (QED) is 0.445. The summed E-state index contributed by atoms with van der Waals surface area (Å²) in [5.41, 5.74) is 2.75. The number of hydrogen-bond donors (Lipinski definition) is 2. The first kappa shape index (κ1) is 22.8. The zero-order chi connectivity index (χ0) is 24.2. The molecule has 0 fully saturated rings. The summed E-state index contributed by atoms with van der Waals surface area (Å²) in [5, 5.41) is 5.44. The zero-order valence-electron chi connectivity index (χ0n) is 18.8. The third-order valence-corrected chi connectivity index (χ3v) is 5.29. The van der Waals surface area contributed by atoms with Crippen molar-refractivity contribution in [2.75, 3.05) is 10.6 Å². The molecule has 2 amide bonds. The first-order chi connectivity index (χ1) is 16.4. The van der Waals surface area contributed by atoms with Gasteiger partial charge in [-0.05, 0) is 49.4 Å². The van der Waals surface area contributed by atoms with Crippen LogP contribution >= 0.6 is 0 Å². The fourth-order valence-electron chi connectivity index (χ4n) is 3.64. The van der Waals surface area contributed by atoms with E-state index in [1.165, 1.54) is 22.8 Å². The van der Waals surface area contributed by atoms with Crippen LogP contribution in [-0.2, 0) is 16.1 Å². The molecule has 0 bridgehead atoms. The maximum Gasteiger partial charge on any atom is 0.278 e. The van der Waals surface area contributed by atoms with Crippen LogP contribution in [0.25, 0.3) is 22.3 Å². The SMILES string of the molecule is CCC(=O)Nc1ccc(C)cc1-c1nc2ccccc2n(CC(=O)Nc2cccc(F)c2)c1=O. The van der Waals surface area contributed by atoms with Gasteiger partial charge in [-0.25, -0.2) is 9.37 Å². The molecule has 1 aromatic heterocycles. The minimum atomic E-state index is -0.487. The average Bonchev–Trinajstić information content (AvgIpc) is 2.81. The van der Waals surface area contributed by atoms with Gasteiger partial charge < -0.3 is 10.6 Å². The fourth-order valence-corrected chi connectivity index (χ4v) is 3.64. The third kappa shape index (κ3) is 4.85. The molecular weight excluding hydrogens is 435 g/mol. The lowest BCUT2D eigenvalue weighted by atomic mass is 10.1. The minimum absolute atomic E-state index is 0.118. The molecule has 0 spiro atoms. The van der Waals surface area contributed by atoms with E-state index in [0.29, 0.717) is 28.0 Å². The maximum atomic E-state index is 13.6. The van der Waals surface area contributed by atoms with Crippen LogP contribution in [0.5, 0.6) is 0 Å². The van der Waals surface area contributed by atoms with E-state index in [2.05, 4.69) is 15.6 Å². The largest absolute Gasteiger partial charge is 0.325 e. The number of nitrogens with zero attached hydrogens (tertiary/aromatic N) is 2. The van der Waals surface area contributed by atoms with Gasteiger partial charge in [0.15, 0.2) is 0 Å². The van der Waals surface area contributed by atoms with Crippen molar-refractivity contribution in [2.24, 2.45) is 0 Å². The predicted molar refractivity (Wildman–Crippen MR) is 130 cm³/mol. The number of para-hydroxylation sites is 2. The molecule has 7 nitrogen and oxygen atoms in total. The third-order valence-electron chi connectivity index (χ3n) is 5.29. The van der Waals surface area contributed by atoms with Gasteiger partial charge in [0.05, 0.1) is 16.7 Å². The van der Waals surface area contributed by atoms with E-state index in [9.17, 15) is 18.8 Å². The second-order valence-corrected chi connectivity index (χ2v) is 7.85. The number of hydrogen-bond acceptors (Lipinski definition) is 4.